The van der Waals surface area contributed by atoms with Gasteiger partial charge in [-0.05, 0) is 35.9 Å². The van der Waals surface area contributed by atoms with Gasteiger partial charge in [0, 0.05) is 16.8 Å². The van der Waals surface area contributed by atoms with Crippen molar-refractivity contribution in [3.05, 3.63) is 77.7 Å². The summed E-state index contributed by atoms with van der Waals surface area (Å²) in [7, 11) is 1.35. The molecule has 2 aromatic carbocycles. The highest BCUT2D eigenvalue weighted by Crippen LogP contribution is 2.33. The zero-order valence-electron chi connectivity index (χ0n) is 14.0. The van der Waals surface area contributed by atoms with E-state index in [1.54, 1.807) is 30.5 Å². The van der Waals surface area contributed by atoms with Crippen LogP contribution >= 0.6 is 0 Å². The molecule has 1 aliphatic heterocycles. The van der Waals surface area contributed by atoms with Crippen LogP contribution in [0, 0.1) is 0 Å². The second-order valence-corrected chi connectivity index (χ2v) is 5.87. The lowest BCUT2D eigenvalue weighted by Gasteiger charge is -2.01. The van der Waals surface area contributed by atoms with Crippen molar-refractivity contribution in [1.29, 1.82) is 0 Å². The zero-order valence-corrected chi connectivity index (χ0v) is 14.0. The fourth-order valence-electron chi connectivity index (χ4n) is 2.95. The molecule has 0 atom stereocenters. The SMILES string of the molecule is COC(=O)c1cccc(-c2coc(/C=C3/C(=O)Nc4ccccc43)c2)c1. The molecule has 5 nitrogen and oxygen atoms in total. The van der Waals surface area contributed by atoms with Gasteiger partial charge in [0.05, 0.1) is 24.5 Å². The molecule has 1 N–H and O–H groups in total. The maximum Gasteiger partial charge on any atom is 0.337 e. The van der Waals surface area contributed by atoms with Crippen molar-refractivity contribution in [3.63, 3.8) is 0 Å². The van der Waals surface area contributed by atoms with Crippen LogP contribution in [0.3, 0.4) is 0 Å². The van der Waals surface area contributed by atoms with Crippen molar-refractivity contribution in [2.24, 2.45) is 0 Å². The van der Waals surface area contributed by atoms with Gasteiger partial charge in [0.2, 0.25) is 0 Å². The quantitative estimate of drug-likeness (QED) is 0.570. The van der Waals surface area contributed by atoms with E-state index in [1.165, 1.54) is 7.11 Å². The molecule has 0 saturated carbocycles. The number of furan rings is 1. The monoisotopic (exact) mass is 345 g/mol. The maximum atomic E-state index is 12.2. The third-order valence-electron chi connectivity index (χ3n) is 4.23. The number of amides is 1. The molecule has 5 heteroatoms. The Morgan fingerprint density at radius 2 is 1.92 bits per heavy atom. The van der Waals surface area contributed by atoms with Crippen molar-refractivity contribution >= 4 is 29.2 Å². The summed E-state index contributed by atoms with van der Waals surface area (Å²) in [4.78, 5) is 23.9. The predicted octanol–water partition coefficient (Wildman–Crippen LogP) is 4.23. The molecule has 3 aromatic rings. The molecular weight excluding hydrogens is 330 g/mol. The van der Waals surface area contributed by atoms with Gasteiger partial charge in [0.15, 0.2) is 0 Å². The standard InChI is InChI=1S/C21H15NO4/c1-25-21(24)14-6-4-5-13(9-14)15-10-16(26-12-15)11-18-17-7-2-3-8-19(17)22-20(18)23/h2-12H,1H3,(H,22,23)/b18-11+. The van der Waals surface area contributed by atoms with Gasteiger partial charge in [-0.25, -0.2) is 4.79 Å². The van der Waals surface area contributed by atoms with Gasteiger partial charge in [-0.3, -0.25) is 4.79 Å². The Bertz CT molecular complexity index is 1050. The molecule has 0 aliphatic carbocycles. The van der Waals surface area contributed by atoms with E-state index in [-0.39, 0.29) is 5.91 Å². The smallest absolute Gasteiger partial charge is 0.337 e. The Balaban J connectivity index is 1.68. The molecule has 4 rings (SSSR count). The number of methoxy groups -OCH3 is 1. The topological polar surface area (TPSA) is 68.5 Å². The number of anilines is 1. The molecule has 0 saturated heterocycles. The summed E-state index contributed by atoms with van der Waals surface area (Å²) >= 11 is 0. The fraction of sp³-hybridized carbons (Fsp3) is 0.0476. The normalized spacial score (nSPS) is 14.2. The highest BCUT2D eigenvalue weighted by atomic mass is 16.5. The van der Waals surface area contributed by atoms with Gasteiger partial charge in [0.1, 0.15) is 5.76 Å². The first kappa shape index (κ1) is 15.9. The number of carbonyl (C=O) groups is 2. The lowest BCUT2D eigenvalue weighted by Crippen LogP contribution is -2.03. The van der Waals surface area contributed by atoms with Crippen molar-refractivity contribution in [1.82, 2.24) is 0 Å². The zero-order chi connectivity index (χ0) is 18.1. The van der Waals surface area contributed by atoms with E-state index in [4.69, 9.17) is 9.15 Å². The highest BCUT2D eigenvalue weighted by Gasteiger charge is 2.23. The van der Waals surface area contributed by atoms with Crippen LogP contribution in [-0.2, 0) is 9.53 Å². The number of esters is 1. The second-order valence-electron chi connectivity index (χ2n) is 5.87. The second kappa shape index (κ2) is 6.37. The average Bonchev–Trinajstić information content (AvgIpc) is 3.26. The summed E-state index contributed by atoms with van der Waals surface area (Å²) in [5.41, 5.74) is 4.32. The molecule has 26 heavy (non-hydrogen) atoms. The molecule has 128 valence electrons. The lowest BCUT2D eigenvalue weighted by molar-refractivity contribution is -0.110. The number of ether oxygens (including phenoxy) is 1. The van der Waals surface area contributed by atoms with Crippen LogP contribution in [0.5, 0.6) is 0 Å². The maximum absolute atomic E-state index is 12.2. The summed E-state index contributed by atoms with van der Waals surface area (Å²) in [6.07, 6.45) is 3.32. The van der Waals surface area contributed by atoms with Gasteiger partial charge < -0.3 is 14.5 Å². The van der Waals surface area contributed by atoms with E-state index in [0.717, 1.165) is 22.4 Å². The van der Waals surface area contributed by atoms with Crippen molar-refractivity contribution in [3.8, 4) is 11.1 Å². The number of benzene rings is 2. The van der Waals surface area contributed by atoms with Crippen LogP contribution in [0.1, 0.15) is 21.7 Å². The molecule has 0 unspecified atom stereocenters. The Hall–Kier alpha value is -3.60. The number of hydrogen-bond acceptors (Lipinski definition) is 4. The Morgan fingerprint density at radius 1 is 1.08 bits per heavy atom. The number of carbonyl (C=O) groups excluding carboxylic acids is 2. The van der Waals surface area contributed by atoms with E-state index in [2.05, 4.69) is 5.32 Å². The van der Waals surface area contributed by atoms with Crippen LogP contribution in [0.25, 0.3) is 22.8 Å². The van der Waals surface area contributed by atoms with E-state index < -0.39 is 5.97 Å². The largest absolute Gasteiger partial charge is 0.465 e. The Morgan fingerprint density at radius 3 is 2.77 bits per heavy atom. The van der Waals surface area contributed by atoms with Crippen molar-refractivity contribution in [2.45, 2.75) is 0 Å². The molecule has 1 aromatic heterocycles. The van der Waals surface area contributed by atoms with E-state index in [0.29, 0.717) is 16.9 Å². The van der Waals surface area contributed by atoms with Gasteiger partial charge >= 0.3 is 5.97 Å². The summed E-state index contributed by atoms with van der Waals surface area (Å²) in [5.74, 6) is 0.0130. The third-order valence-corrected chi connectivity index (χ3v) is 4.23. The van der Waals surface area contributed by atoms with Gasteiger partial charge in [-0.2, -0.15) is 0 Å². The molecule has 0 bridgehead atoms. The Kier molecular flexibility index (Phi) is 3.89. The van der Waals surface area contributed by atoms with Crippen LogP contribution in [0.15, 0.2) is 65.3 Å². The van der Waals surface area contributed by atoms with Crippen LogP contribution in [-0.4, -0.2) is 19.0 Å². The minimum Gasteiger partial charge on any atom is -0.465 e. The minimum absolute atomic E-state index is 0.156. The van der Waals surface area contributed by atoms with Gasteiger partial charge in [-0.15, -0.1) is 0 Å². The lowest BCUT2D eigenvalue weighted by atomic mass is 10.0. The van der Waals surface area contributed by atoms with Crippen LogP contribution < -0.4 is 5.32 Å². The van der Waals surface area contributed by atoms with Crippen molar-refractivity contribution < 1.29 is 18.7 Å². The molecular formula is C21H15NO4. The number of hydrogen-bond donors (Lipinski definition) is 1. The summed E-state index contributed by atoms with van der Waals surface area (Å²) in [6.45, 7) is 0. The molecule has 0 radical (unpaired) electrons. The minimum atomic E-state index is -0.392. The molecule has 1 aliphatic rings. The molecule has 0 fully saturated rings. The van der Waals surface area contributed by atoms with Gasteiger partial charge in [0.25, 0.3) is 5.91 Å². The highest BCUT2D eigenvalue weighted by molar-refractivity contribution is 6.34. The van der Waals surface area contributed by atoms with E-state index in [9.17, 15) is 9.59 Å². The fourth-order valence-corrected chi connectivity index (χ4v) is 2.95. The molecule has 0 spiro atoms. The summed E-state index contributed by atoms with van der Waals surface area (Å²) in [5, 5.41) is 2.83. The first-order valence-electron chi connectivity index (χ1n) is 8.05. The number of rotatable bonds is 3. The van der Waals surface area contributed by atoms with E-state index >= 15 is 0 Å². The predicted molar refractivity (Wildman–Crippen MR) is 98.4 cm³/mol. The van der Waals surface area contributed by atoms with Gasteiger partial charge in [-0.1, -0.05) is 30.3 Å². The first-order chi connectivity index (χ1) is 12.7. The average molecular weight is 345 g/mol. The number of nitrogens with one attached hydrogen (secondary N) is 1. The number of para-hydroxylation sites is 1. The number of fused-ring (bicyclic) bond motifs is 1. The summed E-state index contributed by atoms with van der Waals surface area (Å²) in [6, 6.07) is 16.4. The van der Waals surface area contributed by atoms with Crippen molar-refractivity contribution in [2.75, 3.05) is 12.4 Å². The third kappa shape index (κ3) is 2.80. The molecule has 2 heterocycles. The first-order valence-corrected chi connectivity index (χ1v) is 8.05. The Labute approximate surface area is 149 Å². The van der Waals surface area contributed by atoms with Crippen LogP contribution in [0.4, 0.5) is 5.69 Å². The molecule has 1 amide bonds. The van der Waals surface area contributed by atoms with E-state index in [1.807, 2.05) is 36.4 Å². The summed E-state index contributed by atoms with van der Waals surface area (Å²) < 4.78 is 10.3. The van der Waals surface area contributed by atoms with Crippen LogP contribution in [0.2, 0.25) is 0 Å².